The number of morpholine rings is 2. The molecular weight excluding hydrogens is 366 g/mol. The monoisotopic (exact) mass is 401 g/mol. The number of nitrogens with one attached hydrogen (secondary N) is 1. The number of rotatable bonds is 5. The number of benzene rings is 1. The largest absolute Gasteiger partial charge is 0.379 e. The second-order valence-corrected chi connectivity index (χ2v) is 8.09. The fourth-order valence-electron chi connectivity index (χ4n) is 4.57. The Morgan fingerprint density at radius 1 is 1.00 bits per heavy atom. The molecular formula is C22H35N5O2. The van der Waals surface area contributed by atoms with Crippen molar-refractivity contribution in [3.8, 4) is 0 Å². The van der Waals surface area contributed by atoms with E-state index in [1.165, 1.54) is 17.5 Å². The Kier molecular flexibility index (Phi) is 7.38. The summed E-state index contributed by atoms with van der Waals surface area (Å²) in [5.74, 6) is 1.02. The van der Waals surface area contributed by atoms with E-state index in [0.717, 1.165) is 84.7 Å². The first kappa shape index (κ1) is 20.6. The van der Waals surface area contributed by atoms with Crippen LogP contribution in [-0.4, -0.2) is 99.4 Å². The van der Waals surface area contributed by atoms with E-state index in [4.69, 9.17) is 9.47 Å². The number of ether oxygens (including phenoxy) is 2. The maximum Gasteiger partial charge on any atom is 0.193 e. The van der Waals surface area contributed by atoms with Gasteiger partial charge in [-0.1, -0.05) is 24.3 Å². The standard InChI is InChI=1S/C22H35N5O2/c1-23-22(27-7-6-21(18-27)26-10-14-29-15-11-26)24-16-19-4-2-3-5-20(19)17-25-8-12-28-13-9-25/h2-5,21H,6-18H2,1H3,(H,23,24). The Morgan fingerprint density at radius 3 is 2.41 bits per heavy atom. The predicted molar refractivity (Wildman–Crippen MR) is 115 cm³/mol. The van der Waals surface area contributed by atoms with Crippen molar-refractivity contribution < 1.29 is 9.47 Å². The lowest BCUT2D eigenvalue weighted by atomic mass is 10.1. The van der Waals surface area contributed by atoms with Crippen LogP contribution in [0.5, 0.6) is 0 Å². The van der Waals surface area contributed by atoms with Crippen molar-refractivity contribution in [2.75, 3.05) is 72.7 Å². The second-order valence-electron chi connectivity index (χ2n) is 8.09. The van der Waals surface area contributed by atoms with Crippen molar-refractivity contribution in [2.45, 2.75) is 25.6 Å². The minimum Gasteiger partial charge on any atom is -0.379 e. The second kappa shape index (κ2) is 10.4. The third kappa shape index (κ3) is 5.48. The molecule has 29 heavy (non-hydrogen) atoms. The maximum absolute atomic E-state index is 5.51. The molecule has 1 unspecified atom stereocenters. The van der Waals surface area contributed by atoms with Crippen LogP contribution in [0.3, 0.4) is 0 Å². The maximum atomic E-state index is 5.51. The van der Waals surface area contributed by atoms with Crippen LogP contribution in [0.2, 0.25) is 0 Å². The van der Waals surface area contributed by atoms with Crippen LogP contribution in [0.25, 0.3) is 0 Å². The summed E-state index contributed by atoms with van der Waals surface area (Å²) in [7, 11) is 1.89. The molecule has 7 heteroatoms. The Hall–Kier alpha value is -1.67. The van der Waals surface area contributed by atoms with E-state index >= 15 is 0 Å². The minimum atomic E-state index is 0.617. The van der Waals surface area contributed by atoms with Crippen molar-refractivity contribution >= 4 is 5.96 Å². The molecule has 0 spiro atoms. The molecule has 0 saturated carbocycles. The quantitative estimate of drug-likeness (QED) is 0.587. The van der Waals surface area contributed by atoms with Gasteiger partial charge in [-0.3, -0.25) is 14.8 Å². The molecule has 0 amide bonds. The summed E-state index contributed by atoms with van der Waals surface area (Å²) < 4.78 is 11.0. The highest BCUT2D eigenvalue weighted by atomic mass is 16.5. The first-order valence-electron chi connectivity index (χ1n) is 11.0. The van der Waals surface area contributed by atoms with Crippen LogP contribution in [0.1, 0.15) is 17.5 Å². The predicted octanol–water partition coefficient (Wildman–Crippen LogP) is 1.00. The molecule has 3 aliphatic heterocycles. The van der Waals surface area contributed by atoms with Crippen LogP contribution in [0.15, 0.2) is 29.3 Å². The van der Waals surface area contributed by atoms with E-state index in [0.29, 0.717) is 6.04 Å². The van der Waals surface area contributed by atoms with Crippen molar-refractivity contribution in [3.05, 3.63) is 35.4 Å². The van der Waals surface area contributed by atoms with Gasteiger partial charge in [0.15, 0.2) is 5.96 Å². The van der Waals surface area contributed by atoms with Crippen molar-refractivity contribution in [3.63, 3.8) is 0 Å². The summed E-state index contributed by atoms with van der Waals surface area (Å²) in [6, 6.07) is 9.37. The molecule has 3 fully saturated rings. The molecule has 0 bridgehead atoms. The minimum absolute atomic E-state index is 0.617. The van der Waals surface area contributed by atoms with Gasteiger partial charge >= 0.3 is 0 Å². The highest BCUT2D eigenvalue weighted by molar-refractivity contribution is 5.80. The number of hydrogen-bond donors (Lipinski definition) is 1. The molecule has 0 radical (unpaired) electrons. The third-order valence-corrected chi connectivity index (χ3v) is 6.29. The fourth-order valence-corrected chi connectivity index (χ4v) is 4.57. The zero-order chi connectivity index (χ0) is 19.9. The Balaban J connectivity index is 1.32. The van der Waals surface area contributed by atoms with Crippen molar-refractivity contribution in [1.82, 2.24) is 20.0 Å². The zero-order valence-electron chi connectivity index (χ0n) is 17.7. The van der Waals surface area contributed by atoms with Gasteiger partial charge in [0.1, 0.15) is 0 Å². The molecule has 3 aliphatic rings. The van der Waals surface area contributed by atoms with Crippen LogP contribution in [0.4, 0.5) is 0 Å². The van der Waals surface area contributed by atoms with E-state index in [1.54, 1.807) is 0 Å². The molecule has 3 saturated heterocycles. The summed E-state index contributed by atoms with van der Waals surface area (Å²) in [6.45, 7) is 11.5. The van der Waals surface area contributed by atoms with E-state index in [1.807, 2.05) is 7.05 Å². The summed E-state index contributed by atoms with van der Waals surface area (Å²) in [5, 5.41) is 3.62. The SMILES string of the molecule is CN=C(NCc1ccccc1CN1CCOCC1)N1CCC(N2CCOCC2)C1. The smallest absolute Gasteiger partial charge is 0.193 e. The number of likely N-dealkylation sites (tertiary alicyclic amines) is 1. The average molecular weight is 402 g/mol. The summed E-state index contributed by atoms with van der Waals surface area (Å²) in [6.07, 6.45) is 1.20. The van der Waals surface area contributed by atoms with Crippen molar-refractivity contribution in [2.24, 2.45) is 4.99 Å². The number of aliphatic imine (C=N–C) groups is 1. The van der Waals surface area contributed by atoms with Crippen LogP contribution in [0, 0.1) is 0 Å². The normalized spacial score (nSPS) is 24.8. The summed E-state index contributed by atoms with van der Waals surface area (Å²) in [5.41, 5.74) is 2.74. The third-order valence-electron chi connectivity index (χ3n) is 6.29. The highest BCUT2D eigenvalue weighted by Gasteiger charge is 2.30. The molecule has 3 heterocycles. The van der Waals surface area contributed by atoms with E-state index in [-0.39, 0.29) is 0 Å². The highest BCUT2D eigenvalue weighted by Crippen LogP contribution is 2.18. The molecule has 1 N–H and O–H groups in total. The Morgan fingerprint density at radius 2 is 1.69 bits per heavy atom. The van der Waals surface area contributed by atoms with Crippen LogP contribution >= 0.6 is 0 Å². The number of nitrogens with zero attached hydrogens (tertiary/aromatic N) is 4. The summed E-state index contributed by atoms with van der Waals surface area (Å²) in [4.78, 5) is 12.0. The first-order chi connectivity index (χ1) is 14.3. The molecule has 4 rings (SSSR count). The molecule has 0 aromatic heterocycles. The van der Waals surface area contributed by atoms with Gasteiger partial charge in [0.05, 0.1) is 26.4 Å². The van der Waals surface area contributed by atoms with Gasteiger partial charge in [0.2, 0.25) is 0 Å². The Bertz CT molecular complexity index is 671. The van der Waals surface area contributed by atoms with E-state index in [2.05, 4.69) is 49.3 Å². The number of guanidine groups is 1. The lowest BCUT2D eigenvalue weighted by Gasteiger charge is -2.32. The van der Waals surface area contributed by atoms with Gasteiger partial charge in [-0.2, -0.15) is 0 Å². The summed E-state index contributed by atoms with van der Waals surface area (Å²) >= 11 is 0. The van der Waals surface area contributed by atoms with Crippen LogP contribution < -0.4 is 5.32 Å². The lowest BCUT2D eigenvalue weighted by molar-refractivity contribution is 0.0195. The van der Waals surface area contributed by atoms with Gasteiger partial charge in [-0.05, 0) is 17.5 Å². The van der Waals surface area contributed by atoms with Gasteiger partial charge in [-0.15, -0.1) is 0 Å². The average Bonchev–Trinajstić information content (AvgIpc) is 3.27. The van der Waals surface area contributed by atoms with E-state index in [9.17, 15) is 0 Å². The molecule has 7 nitrogen and oxygen atoms in total. The molecule has 1 aromatic carbocycles. The number of hydrogen-bond acceptors (Lipinski definition) is 5. The molecule has 1 aromatic rings. The zero-order valence-corrected chi connectivity index (χ0v) is 17.7. The first-order valence-corrected chi connectivity index (χ1v) is 11.0. The van der Waals surface area contributed by atoms with Gasteiger partial charge in [0, 0.05) is 65.4 Å². The van der Waals surface area contributed by atoms with Gasteiger partial charge in [0.25, 0.3) is 0 Å². The van der Waals surface area contributed by atoms with Gasteiger partial charge < -0.3 is 19.7 Å². The van der Waals surface area contributed by atoms with Crippen molar-refractivity contribution in [1.29, 1.82) is 0 Å². The molecule has 0 aliphatic carbocycles. The van der Waals surface area contributed by atoms with E-state index < -0.39 is 0 Å². The Labute approximate surface area is 174 Å². The topological polar surface area (TPSA) is 52.6 Å². The lowest BCUT2D eigenvalue weighted by Crippen LogP contribution is -2.46. The molecule has 1 atom stereocenters. The van der Waals surface area contributed by atoms with Crippen LogP contribution in [-0.2, 0) is 22.6 Å². The van der Waals surface area contributed by atoms with Gasteiger partial charge in [-0.25, -0.2) is 0 Å². The molecule has 160 valence electrons. The fraction of sp³-hybridized carbons (Fsp3) is 0.682.